The molecule has 0 aromatic heterocycles. The average molecular weight is 360 g/mol. The third kappa shape index (κ3) is 6.04. The van der Waals surface area contributed by atoms with E-state index in [9.17, 15) is 9.59 Å². The van der Waals surface area contributed by atoms with Crippen molar-refractivity contribution in [2.45, 2.75) is 71.9 Å². The SMILES string of the molecule is CC(C)Oc1ccccc1NC(=O)C1CCC(C(=O)NC(C)(C)C)CC1. The van der Waals surface area contributed by atoms with E-state index in [0.29, 0.717) is 11.4 Å². The van der Waals surface area contributed by atoms with Crippen LogP contribution in [0.15, 0.2) is 24.3 Å². The molecule has 0 spiro atoms. The molecule has 1 aromatic rings. The highest BCUT2D eigenvalue weighted by molar-refractivity contribution is 5.94. The van der Waals surface area contributed by atoms with Gasteiger partial charge in [-0.1, -0.05) is 12.1 Å². The van der Waals surface area contributed by atoms with E-state index in [1.165, 1.54) is 0 Å². The van der Waals surface area contributed by atoms with E-state index in [4.69, 9.17) is 4.74 Å². The highest BCUT2D eigenvalue weighted by Crippen LogP contribution is 2.32. The third-order valence-electron chi connectivity index (χ3n) is 4.47. The summed E-state index contributed by atoms with van der Waals surface area (Å²) in [5, 5.41) is 6.05. The summed E-state index contributed by atoms with van der Waals surface area (Å²) < 4.78 is 5.76. The lowest BCUT2D eigenvalue weighted by Crippen LogP contribution is -2.45. The predicted molar refractivity (Wildman–Crippen MR) is 104 cm³/mol. The monoisotopic (exact) mass is 360 g/mol. The number of rotatable bonds is 5. The molecule has 0 heterocycles. The molecule has 2 N–H and O–H groups in total. The molecule has 2 rings (SSSR count). The first kappa shape index (κ1) is 20.3. The van der Waals surface area contributed by atoms with Gasteiger partial charge in [-0.3, -0.25) is 9.59 Å². The maximum absolute atomic E-state index is 12.6. The Bertz CT molecular complexity index is 626. The Kier molecular flexibility index (Phi) is 6.68. The molecule has 1 aliphatic carbocycles. The van der Waals surface area contributed by atoms with Crippen LogP contribution in [-0.4, -0.2) is 23.5 Å². The molecule has 1 saturated carbocycles. The minimum absolute atomic E-state index is 0.00911. The Balaban J connectivity index is 1.90. The van der Waals surface area contributed by atoms with Crippen molar-refractivity contribution < 1.29 is 14.3 Å². The largest absolute Gasteiger partial charge is 0.489 e. The van der Waals surface area contributed by atoms with Gasteiger partial charge in [0.25, 0.3) is 0 Å². The number of benzene rings is 1. The van der Waals surface area contributed by atoms with Gasteiger partial charge in [0.2, 0.25) is 11.8 Å². The summed E-state index contributed by atoms with van der Waals surface area (Å²) in [6.07, 6.45) is 3.03. The Morgan fingerprint density at radius 2 is 1.54 bits per heavy atom. The highest BCUT2D eigenvalue weighted by atomic mass is 16.5. The lowest BCUT2D eigenvalue weighted by Gasteiger charge is -2.30. The molecule has 0 aliphatic heterocycles. The second-order valence-corrected chi connectivity index (χ2v) is 8.44. The molecular weight excluding hydrogens is 328 g/mol. The summed E-state index contributed by atoms with van der Waals surface area (Å²) in [5.41, 5.74) is 0.490. The van der Waals surface area contributed by atoms with Gasteiger partial charge in [-0.05, 0) is 72.4 Å². The highest BCUT2D eigenvalue weighted by Gasteiger charge is 2.31. The molecule has 1 aliphatic rings. The molecule has 5 nitrogen and oxygen atoms in total. The van der Waals surface area contributed by atoms with Crippen molar-refractivity contribution in [1.82, 2.24) is 5.32 Å². The summed E-state index contributed by atoms with van der Waals surface area (Å²) in [6, 6.07) is 7.50. The van der Waals surface area contributed by atoms with Crippen LogP contribution in [0, 0.1) is 11.8 Å². The Hall–Kier alpha value is -2.04. The number of nitrogens with one attached hydrogen (secondary N) is 2. The van der Waals surface area contributed by atoms with Crippen LogP contribution in [0.1, 0.15) is 60.3 Å². The summed E-state index contributed by atoms with van der Waals surface area (Å²) in [7, 11) is 0. The van der Waals surface area contributed by atoms with Crippen LogP contribution < -0.4 is 15.4 Å². The number of ether oxygens (including phenoxy) is 1. The normalized spacial score (nSPS) is 20.5. The van der Waals surface area contributed by atoms with Crippen molar-refractivity contribution in [3.8, 4) is 5.75 Å². The summed E-state index contributed by atoms with van der Waals surface area (Å²) in [5.74, 6) is 0.760. The molecule has 0 saturated heterocycles. The maximum atomic E-state index is 12.6. The number of amides is 2. The van der Waals surface area contributed by atoms with E-state index in [2.05, 4.69) is 10.6 Å². The third-order valence-corrected chi connectivity index (χ3v) is 4.47. The molecule has 0 bridgehead atoms. The molecule has 1 aromatic carbocycles. The van der Waals surface area contributed by atoms with E-state index in [0.717, 1.165) is 25.7 Å². The zero-order chi connectivity index (χ0) is 19.3. The topological polar surface area (TPSA) is 67.4 Å². The van der Waals surface area contributed by atoms with Crippen molar-refractivity contribution >= 4 is 17.5 Å². The Morgan fingerprint density at radius 3 is 2.08 bits per heavy atom. The number of hydrogen-bond donors (Lipinski definition) is 2. The van der Waals surface area contributed by atoms with Crippen LogP contribution in [0.25, 0.3) is 0 Å². The van der Waals surface area contributed by atoms with Crippen molar-refractivity contribution in [1.29, 1.82) is 0 Å². The molecule has 1 fully saturated rings. The van der Waals surface area contributed by atoms with Gasteiger partial charge < -0.3 is 15.4 Å². The number of para-hydroxylation sites is 2. The number of carbonyl (C=O) groups excluding carboxylic acids is 2. The van der Waals surface area contributed by atoms with E-state index in [-0.39, 0.29) is 35.3 Å². The van der Waals surface area contributed by atoms with E-state index < -0.39 is 0 Å². The van der Waals surface area contributed by atoms with E-state index in [1.54, 1.807) is 0 Å². The minimum Gasteiger partial charge on any atom is -0.489 e. The van der Waals surface area contributed by atoms with Gasteiger partial charge in [0.15, 0.2) is 0 Å². The fourth-order valence-electron chi connectivity index (χ4n) is 3.25. The van der Waals surface area contributed by atoms with Crippen molar-refractivity contribution in [2.75, 3.05) is 5.32 Å². The zero-order valence-corrected chi connectivity index (χ0v) is 16.6. The standard InChI is InChI=1S/C21H32N2O3/c1-14(2)26-18-9-7-6-8-17(18)22-19(24)15-10-12-16(13-11-15)20(25)23-21(3,4)5/h6-9,14-16H,10-13H2,1-5H3,(H,22,24)(H,23,25). The van der Waals surface area contributed by atoms with E-state index in [1.807, 2.05) is 58.9 Å². The number of carbonyl (C=O) groups is 2. The predicted octanol–water partition coefficient (Wildman–Crippen LogP) is 4.13. The van der Waals surface area contributed by atoms with Crippen LogP contribution in [0.3, 0.4) is 0 Å². The van der Waals surface area contributed by atoms with Crippen molar-refractivity contribution in [3.05, 3.63) is 24.3 Å². The fraction of sp³-hybridized carbons (Fsp3) is 0.619. The molecule has 0 radical (unpaired) electrons. The second-order valence-electron chi connectivity index (χ2n) is 8.44. The summed E-state index contributed by atoms with van der Waals surface area (Å²) in [4.78, 5) is 24.9. The molecule has 26 heavy (non-hydrogen) atoms. The molecule has 144 valence electrons. The molecule has 2 amide bonds. The Labute approximate surface area is 156 Å². The minimum atomic E-state index is -0.217. The van der Waals surface area contributed by atoms with Crippen LogP contribution >= 0.6 is 0 Å². The second kappa shape index (κ2) is 8.56. The number of hydrogen-bond acceptors (Lipinski definition) is 3. The van der Waals surface area contributed by atoms with Gasteiger partial charge in [0, 0.05) is 17.4 Å². The summed E-state index contributed by atoms with van der Waals surface area (Å²) >= 11 is 0. The smallest absolute Gasteiger partial charge is 0.227 e. The lowest BCUT2D eigenvalue weighted by atomic mass is 9.81. The van der Waals surface area contributed by atoms with Crippen LogP contribution in [0.5, 0.6) is 5.75 Å². The van der Waals surface area contributed by atoms with Gasteiger partial charge in [0.05, 0.1) is 11.8 Å². The lowest BCUT2D eigenvalue weighted by molar-refractivity contribution is -0.129. The first-order valence-corrected chi connectivity index (χ1v) is 9.54. The Morgan fingerprint density at radius 1 is 1.00 bits per heavy atom. The molecule has 0 atom stereocenters. The molecular formula is C21H32N2O3. The zero-order valence-electron chi connectivity index (χ0n) is 16.6. The van der Waals surface area contributed by atoms with Gasteiger partial charge in [-0.2, -0.15) is 0 Å². The van der Waals surface area contributed by atoms with Crippen LogP contribution in [0.2, 0.25) is 0 Å². The van der Waals surface area contributed by atoms with Crippen LogP contribution in [0.4, 0.5) is 5.69 Å². The summed E-state index contributed by atoms with van der Waals surface area (Å²) in [6.45, 7) is 9.88. The van der Waals surface area contributed by atoms with Gasteiger partial charge in [0.1, 0.15) is 5.75 Å². The molecule has 5 heteroatoms. The van der Waals surface area contributed by atoms with Crippen LogP contribution in [-0.2, 0) is 9.59 Å². The fourth-order valence-corrected chi connectivity index (χ4v) is 3.25. The van der Waals surface area contributed by atoms with Crippen molar-refractivity contribution in [3.63, 3.8) is 0 Å². The average Bonchev–Trinajstić information content (AvgIpc) is 2.54. The van der Waals surface area contributed by atoms with Gasteiger partial charge >= 0.3 is 0 Å². The van der Waals surface area contributed by atoms with Crippen molar-refractivity contribution in [2.24, 2.45) is 11.8 Å². The first-order valence-electron chi connectivity index (χ1n) is 9.54. The quantitative estimate of drug-likeness (QED) is 0.829. The maximum Gasteiger partial charge on any atom is 0.227 e. The first-order chi connectivity index (χ1) is 12.2. The number of anilines is 1. The molecule has 0 unspecified atom stereocenters. The van der Waals surface area contributed by atoms with E-state index >= 15 is 0 Å². The van der Waals surface area contributed by atoms with Gasteiger partial charge in [-0.25, -0.2) is 0 Å². The van der Waals surface area contributed by atoms with Gasteiger partial charge in [-0.15, -0.1) is 0 Å².